The normalized spacial score (nSPS) is 11.6. The second-order valence-electron chi connectivity index (χ2n) is 11.1. The lowest BCUT2D eigenvalue weighted by atomic mass is 10.0. The van der Waals surface area contributed by atoms with Crippen molar-refractivity contribution in [3.05, 3.63) is 77.6 Å². The van der Waals surface area contributed by atoms with Crippen molar-refractivity contribution in [1.82, 2.24) is 9.97 Å². The summed E-state index contributed by atoms with van der Waals surface area (Å²) in [7, 11) is 0. The molecule has 0 radical (unpaired) electrons. The fraction of sp³-hybridized carbons (Fsp3) is 0.514. The van der Waals surface area contributed by atoms with Crippen LogP contribution in [-0.2, 0) is 19.3 Å². The summed E-state index contributed by atoms with van der Waals surface area (Å²) in [5.41, 5.74) is 5.28. The van der Waals surface area contributed by atoms with Crippen LogP contribution in [0, 0.1) is 0 Å². The lowest BCUT2D eigenvalue weighted by molar-refractivity contribution is 0.575. The number of imidazole rings is 1. The highest BCUT2D eigenvalue weighted by Crippen LogP contribution is 2.20. The van der Waals surface area contributed by atoms with Gasteiger partial charge >= 0.3 is 0 Å². The molecule has 1 aromatic heterocycles. The maximum atomic E-state index is 4.85. The summed E-state index contributed by atoms with van der Waals surface area (Å²) < 4.78 is 0. The summed E-state index contributed by atoms with van der Waals surface area (Å²) in [6.07, 6.45) is 22.4. The van der Waals surface area contributed by atoms with Crippen molar-refractivity contribution < 1.29 is 0 Å². The number of aromatic nitrogens is 2. The van der Waals surface area contributed by atoms with Crippen LogP contribution in [0.25, 0.3) is 21.8 Å². The predicted octanol–water partition coefficient (Wildman–Crippen LogP) is 10.5. The highest BCUT2D eigenvalue weighted by atomic mass is 14.9. The second kappa shape index (κ2) is 15.6. The van der Waals surface area contributed by atoms with Crippen LogP contribution in [0.4, 0.5) is 0 Å². The van der Waals surface area contributed by atoms with Crippen molar-refractivity contribution in [3.63, 3.8) is 0 Å². The molecule has 0 bridgehead atoms. The lowest BCUT2D eigenvalue weighted by Gasteiger charge is -2.04. The molecule has 198 valence electrons. The van der Waals surface area contributed by atoms with Gasteiger partial charge in [-0.25, -0.2) is 4.98 Å². The summed E-state index contributed by atoms with van der Waals surface area (Å²) >= 11 is 0. The molecule has 4 aromatic rings. The summed E-state index contributed by atoms with van der Waals surface area (Å²) in [4.78, 5) is 8.44. The van der Waals surface area contributed by atoms with Gasteiger partial charge in [-0.3, -0.25) is 0 Å². The van der Waals surface area contributed by atoms with Crippen molar-refractivity contribution in [3.8, 4) is 0 Å². The SMILES string of the molecule is CCCCCCCCCCc1ccc2nc(CCCCCCCCc3ccc4ccccc4c3)[nH]c2c1. The molecule has 2 heteroatoms. The third-order valence-corrected chi connectivity index (χ3v) is 7.86. The Kier molecular flexibility index (Phi) is 11.6. The largest absolute Gasteiger partial charge is 0.342 e. The molecule has 0 aliphatic heterocycles. The Labute approximate surface area is 225 Å². The summed E-state index contributed by atoms with van der Waals surface area (Å²) in [5.74, 6) is 1.16. The molecule has 4 rings (SSSR count). The topological polar surface area (TPSA) is 28.7 Å². The number of benzene rings is 3. The third-order valence-electron chi connectivity index (χ3n) is 7.86. The van der Waals surface area contributed by atoms with Gasteiger partial charge in [-0.1, -0.05) is 126 Å². The molecule has 0 saturated heterocycles. The van der Waals surface area contributed by atoms with E-state index < -0.39 is 0 Å². The molecule has 1 heterocycles. The van der Waals surface area contributed by atoms with Gasteiger partial charge in [-0.05, 0) is 66.1 Å². The number of unbranched alkanes of at least 4 members (excludes halogenated alkanes) is 12. The van der Waals surface area contributed by atoms with Gasteiger partial charge in [-0.2, -0.15) is 0 Å². The Bertz CT molecular complexity index is 1190. The fourth-order valence-electron chi connectivity index (χ4n) is 5.57. The summed E-state index contributed by atoms with van der Waals surface area (Å²) in [5, 5.41) is 2.71. The van der Waals surface area contributed by atoms with E-state index in [2.05, 4.69) is 72.6 Å². The van der Waals surface area contributed by atoms with E-state index in [-0.39, 0.29) is 0 Å². The molecule has 2 nitrogen and oxygen atoms in total. The maximum absolute atomic E-state index is 4.85. The van der Waals surface area contributed by atoms with Crippen molar-refractivity contribution in [2.45, 2.75) is 116 Å². The van der Waals surface area contributed by atoms with Crippen LogP contribution in [0.2, 0.25) is 0 Å². The molecule has 0 amide bonds. The third kappa shape index (κ3) is 9.33. The van der Waals surface area contributed by atoms with Crippen LogP contribution in [0.5, 0.6) is 0 Å². The number of rotatable bonds is 18. The van der Waals surface area contributed by atoms with E-state index in [4.69, 9.17) is 4.98 Å². The molecule has 0 fully saturated rings. The van der Waals surface area contributed by atoms with E-state index >= 15 is 0 Å². The zero-order valence-corrected chi connectivity index (χ0v) is 23.2. The minimum absolute atomic E-state index is 1.07. The molecule has 0 aliphatic carbocycles. The van der Waals surface area contributed by atoms with Crippen molar-refractivity contribution in [2.24, 2.45) is 0 Å². The molecule has 0 spiro atoms. The molecule has 1 N–H and O–H groups in total. The van der Waals surface area contributed by atoms with E-state index in [1.807, 2.05) is 0 Å². The van der Waals surface area contributed by atoms with Crippen LogP contribution in [0.3, 0.4) is 0 Å². The Morgan fingerprint density at radius 1 is 0.541 bits per heavy atom. The first-order valence-corrected chi connectivity index (χ1v) is 15.3. The molecule has 0 saturated carbocycles. The summed E-state index contributed by atoms with van der Waals surface area (Å²) in [6, 6.07) is 22.4. The number of hydrogen-bond donors (Lipinski definition) is 1. The average Bonchev–Trinajstić information content (AvgIpc) is 3.33. The lowest BCUT2D eigenvalue weighted by Crippen LogP contribution is -1.90. The van der Waals surface area contributed by atoms with Crippen LogP contribution >= 0.6 is 0 Å². The monoisotopic (exact) mass is 496 g/mol. The molecule has 0 atom stereocenters. The second-order valence-corrected chi connectivity index (χ2v) is 11.1. The Balaban J connectivity index is 1.06. The maximum Gasteiger partial charge on any atom is 0.107 e. The number of hydrogen-bond acceptors (Lipinski definition) is 1. The number of aromatic amines is 1. The number of aryl methyl sites for hydroxylation is 3. The van der Waals surface area contributed by atoms with Gasteiger partial charge < -0.3 is 4.98 Å². The van der Waals surface area contributed by atoms with E-state index in [1.165, 1.54) is 130 Å². The van der Waals surface area contributed by atoms with Crippen LogP contribution in [0.15, 0.2) is 60.7 Å². The number of nitrogens with zero attached hydrogens (tertiary/aromatic N) is 1. The Hall–Kier alpha value is -2.61. The first kappa shape index (κ1) is 27.4. The zero-order valence-electron chi connectivity index (χ0n) is 23.2. The Morgan fingerprint density at radius 2 is 1.11 bits per heavy atom. The van der Waals surface area contributed by atoms with E-state index in [9.17, 15) is 0 Å². The molecular formula is C35H48N2. The van der Waals surface area contributed by atoms with Crippen LogP contribution in [0.1, 0.15) is 114 Å². The quantitative estimate of drug-likeness (QED) is 0.136. The van der Waals surface area contributed by atoms with Gasteiger partial charge in [0.2, 0.25) is 0 Å². The number of nitrogens with one attached hydrogen (secondary N) is 1. The molecule has 37 heavy (non-hydrogen) atoms. The summed E-state index contributed by atoms with van der Waals surface area (Å²) in [6.45, 7) is 2.29. The van der Waals surface area contributed by atoms with E-state index in [0.29, 0.717) is 0 Å². The highest BCUT2D eigenvalue weighted by Gasteiger charge is 2.05. The average molecular weight is 497 g/mol. The van der Waals surface area contributed by atoms with E-state index in [0.717, 1.165) is 17.8 Å². The minimum Gasteiger partial charge on any atom is -0.342 e. The number of H-pyrrole nitrogens is 1. The fourth-order valence-corrected chi connectivity index (χ4v) is 5.57. The van der Waals surface area contributed by atoms with Gasteiger partial charge in [0.1, 0.15) is 5.82 Å². The molecule has 3 aromatic carbocycles. The van der Waals surface area contributed by atoms with Gasteiger partial charge in [-0.15, -0.1) is 0 Å². The molecular weight excluding hydrogens is 448 g/mol. The first-order chi connectivity index (χ1) is 18.3. The van der Waals surface area contributed by atoms with E-state index in [1.54, 1.807) is 0 Å². The van der Waals surface area contributed by atoms with Crippen molar-refractivity contribution in [2.75, 3.05) is 0 Å². The predicted molar refractivity (Wildman–Crippen MR) is 161 cm³/mol. The smallest absolute Gasteiger partial charge is 0.107 e. The standard InChI is InChI=1S/C35H48N2/c1-2-3-4-5-6-7-10-14-19-30-24-26-33-34(28-30)37-35(36-33)22-15-12-9-8-11-13-18-29-23-25-31-20-16-17-21-32(31)27-29/h16-17,20-21,23-28H,2-15,18-19,22H2,1H3,(H,36,37). The van der Waals surface area contributed by atoms with Crippen LogP contribution < -0.4 is 0 Å². The minimum atomic E-state index is 1.07. The van der Waals surface area contributed by atoms with Gasteiger partial charge in [0.25, 0.3) is 0 Å². The zero-order chi connectivity index (χ0) is 25.5. The molecule has 0 aliphatic rings. The number of fused-ring (bicyclic) bond motifs is 2. The highest BCUT2D eigenvalue weighted by molar-refractivity contribution is 5.83. The van der Waals surface area contributed by atoms with Gasteiger partial charge in [0.05, 0.1) is 11.0 Å². The van der Waals surface area contributed by atoms with Crippen molar-refractivity contribution in [1.29, 1.82) is 0 Å². The van der Waals surface area contributed by atoms with Gasteiger partial charge in [0, 0.05) is 6.42 Å². The first-order valence-electron chi connectivity index (χ1n) is 15.3. The Morgan fingerprint density at radius 3 is 1.81 bits per heavy atom. The van der Waals surface area contributed by atoms with Crippen molar-refractivity contribution >= 4 is 21.8 Å². The van der Waals surface area contributed by atoms with Crippen LogP contribution in [-0.4, -0.2) is 9.97 Å². The molecule has 0 unspecified atom stereocenters. The van der Waals surface area contributed by atoms with Gasteiger partial charge in [0.15, 0.2) is 0 Å².